The Hall–Kier alpha value is -3.38. The Balaban J connectivity index is 1.75. The van der Waals surface area contributed by atoms with Crippen LogP contribution in [0.3, 0.4) is 0 Å². The molecule has 0 atom stereocenters. The molecule has 4 rings (SSSR count). The number of methoxy groups -OCH3 is 1. The molecule has 1 aliphatic heterocycles. The van der Waals surface area contributed by atoms with Gasteiger partial charge in [0, 0.05) is 0 Å². The van der Waals surface area contributed by atoms with Crippen LogP contribution in [0.2, 0.25) is 5.02 Å². The molecule has 2 aromatic carbocycles. The van der Waals surface area contributed by atoms with E-state index in [1.807, 2.05) is 0 Å². The molecule has 134 valence electrons. The number of hydrogen-bond donors (Lipinski definition) is 0. The SMILES string of the molecule is COc1ccc(C2=N/C(=C\c3coc4ccccc4c3=O)C(=O)O2)c(Cl)c1. The van der Waals surface area contributed by atoms with Gasteiger partial charge in [-0.15, -0.1) is 0 Å². The number of cyclic esters (lactones) is 1. The Bertz CT molecular complexity index is 1190. The number of ether oxygens (including phenoxy) is 2. The first-order chi connectivity index (χ1) is 13.1. The Morgan fingerprint density at radius 2 is 1.96 bits per heavy atom. The van der Waals surface area contributed by atoms with Crippen molar-refractivity contribution in [3.05, 3.63) is 80.8 Å². The number of benzene rings is 2. The van der Waals surface area contributed by atoms with Crippen LogP contribution < -0.4 is 10.2 Å². The second kappa shape index (κ2) is 6.74. The van der Waals surface area contributed by atoms with Gasteiger partial charge in [0.05, 0.1) is 28.6 Å². The number of carbonyl (C=O) groups is 1. The second-order valence-corrected chi connectivity index (χ2v) is 6.11. The average molecular weight is 382 g/mol. The number of fused-ring (bicyclic) bond motifs is 1. The average Bonchev–Trinajstić information content (AvgIpc) is 3.04. The molecule has 0 saturated heterocycles. The van der Waals surface area contributed by atoms with Gasteiger partial charge in [-0.25, -0.2) is 9.79 Å². The van der Waals surface area contributed by atoms with E-state index in [4.69, 9.17) is 25.5 Å². The smallest absolute Gasteiger partial charge is 0.363 e. The van der Waals surface area contributed by atoms with E-state index in [1.165, 1.54) is 19.4 Å². The number of para-hydroxylation sites is 1. The van der Waals surface area contributed by atoms with Gasteiger partial charge in [0.25, 0.3) is 0 Å². The number of nitrogens with zero attached hydrogens (tertiary/aromatic N) is 1. The van der Waals surface area contributed by atoms with Crippen LogP contribution in [0.1, 0.15) is 11.1 Å². The van der Waals surface area contributed by atoms with E-state index in [-0.39, 0.29) is 22.6 Å². The molecule has 0 saturated carbocycles. The summed E-state index contributed by atoms with van der Waals surface area (Å²) in [5, 5.41) is 0.744. The molecule has 1 aliphatic rings. The summed E-state index contributed by atoms with van der Waals surface area (Å²) >= 11 is 6.20. The van der Waals surface area contributed by atoms with Gasteiger partial charge in [-0.2, -0.15) is 0 Å². The minimum atomic E-state index is -0.676. The summed E-state index contributed by atoms with van der Waals surface area (Å²) in [6.07, 6.45) is 2.63. The molecular formula is C20H12ClNO5. The zero-order valence-electron chi connectivity index (χ0n) is 14.1. The van der Waals surface area contributed by atoms with Crippen LogP contribution in [0, 0.1) is 0 Å². The topological polar surface area (TPSA) is 78.1 Å². The van der Waals surface area contributed by atoms with Gasteiger partial charge < -0.3 is 13.9 Å². The highest BCUT2D eigenvalue weighted by Crippen LogP contribution is 2.27. The highest BCUT2D eigenvalue weighted by molar-refractivity contribution is 6.34. The fourth-order valence-electron chi connectivity index (χ4n) is 2.66. The minimum Gasteiger partial charge on any atom is -0.497 e. The van der Waals surface area contributed by atoms with Crippen molar-refractivity contribution in [2.24, 2.45) is 4.99 Å². The van der Waals surface area contributed by atoms with E-state index < -0.39 is 5.97 Å². The summed E-state index contributed by atoms with van der Waals surface area (Å²) in [7, 11) is 1.52. The molecule has 0 N–H and O–H groups in total. The quantitative estimate of drug-likeness (QED) is 0.509. The zero-order chi connectivity index (χ0) is 19.0. The monoisotopic (exact) mass is 381 g/mol. The summed E-state index contributed by atoms with van der Waals surface area (Å²) in [6.45, 7) is 0. The zero-order valence-corrected chi connectivity index (χ0v) is 14.8. The molecule has 0 spiro atoms. The summed E-state index contributed by atoms with van der Waals surface area (Å²) in [6, 6.07) is 11.8. The van der Waals surface area contributed by atoms with Crippen molar-refractivity contribution >= 4 is 40.5 Å². The molecule has 7 heteroatoms. The molecule has 0 unspecified atom stereocenters. The number of esters is 1. The number of aliphatic imine (C=N–C) groups is 1. The van der Waals surface area contributed by atoms with Crippen LogP contribution in [-0.2, 0) is 9.53 Å². The third kappa shape index (κ3) is 3.11. The second-order valence-electron chi connectivity index (χ2n) is 5.70. The lowest BCUT2D eigenvalue weighted by molar-refractivity contribution is -0.129. The molecule has 6 nitrogen and oxygen atoms in total. The minimum absolute atomic E-state index is 0.0144. The predicted molar refractivity (Wildman–Crippen MR) is 101 cm³/mol. The lowest BCUT2D eigenvalue weighted by atomic mass is 10.1. The van der Waals surface area contributed by atoms with Crippen molar-refractivity contribution in [3.63, 3.8) is 0 Å². The van der Waals surface area contributed by atoms with E-state index in [0.29, 0.717) is 27.3 Å². The molecule has 0 amide bonds. The summed E-state index contributed by atoms with van der Waals surface area (Å²) < 4.78 is 15.7. The molecule has 0 radical (unpaired) electrons. The van der Waals surface area contributed by atoms with Gasteiger partial charge >= 0.3 is 5.97 Å². The number of halogens is 1. The van der Waals surface area contributed by atoms with E-state index in [0.717, 1.165) is 0 Å². The van der Waals surface area contributed by atoms with Gasteiger partial charge in [-0.05, 0) is 36.4 Å². The largest absolute Gasteiger partial charge is 0.497 e. The fourth-order valence-corrected chi connectivity index (χ4v) is 2.91. The van der Waals surface area contributed by atoms with Crippen molar-refractivity contribution in [1.82, 2.24) is 0 Å². The molecule has 3 aromatic rings. The molecule has 0 fully saturated rings. The van der Waals surface area contributed by atoms with Crippen LogP contribution in [0.4, 0.5) is 0 Å². The Morgan fingerprint density at radius 1 is 1.15 bits per heavy atom. The summed E-state index contributed by atoms with van der Waals surface area (Å²) in [5.41, 5.74) is 0.835. The van der Waals surface area contributed by atoms with Crippen molar-refractivity contribution in [3.8, 4) is 5.75 Å². The predicted octanol–water partition coefficient (Wildman–Crippen LogP) is 3.80. The van der Waals surface area contributed by atoms with Crippen LogP contribution in [-0.4, -0.2) is 19.0 Å². The van der Waals surface area contributed by atoms with E-state index in [2.05, 4.69) is 4.99 Å². The lowest BCUT2D eigenvalue weighted by Crippen LogP contribution is -2.07. The molecule has 0 bridgehead atoms. The molecule has 0 aliphatic carbocycles. The molecule has 2 heterocycles. The van der Waals surface area contributed by atoms with Gasteiger partial charge in [0.2, 0.25) is 5.90 Å². The van der Waals surface area contributed by atoms with Crippen LogP contribution in [0.5, 0.6) is 5.75 Å². The Labute approximate surface area is 158 Å². The van der Waals surface area contributed by atoms with Crippen molar-refractivity contribution < 1.29 is 18.7 Å². The van der Waals surface area contributed by atoms with E-state index in [9.17, 15) is 9.59 Å². The van der Waals surface area contributed by atoms with Gasteiger partial charge in [-0.1, -0.05) is 23.7 Å². The fraction of sp³-hybridized carbons (Fsp3) is 0.0500. The molecule has 1 aromatic heterocycles. The van der Waals surface area contributed by atoms with Gasteiger partial charge in [0.1, 0.15) is 17.6 Å². The lowest BCUT2D eigenvalue weighted by Gasteiger charge is -2.05. The normalized spacial score (nSPS) is 15.1. The number of rotatable bonds is 3. The molecular weight excluding hydrogens is 370 g/mol. The molecule has 27 heavy (non-hydrogen) atoms. The van der Waals surface area contributed by atoms with Gasteiger partial charge in [0.15, 0.2) is 11.1 Å². The first-order valence-corrected chi connectivity index (χ1v) is 8.31. The third-order valence-corrected chi connectivity index (χ3v) is 4.34. The maximum Gasteiger partial charge on any atom is 0.363 e. The van der Waals surface area contributed by atoms with Crippen LogP contribution >= 0.6 is 11.6 Å². The Kier molecular flexibility index (Phi) is 4.25. The maximum absolute atomic E-state index is 12.6. The van der Waals surface area contributed by atoms with Crippen molar-refractivity contribution in [1.29, 1.82) is 0 Å². The number of hydrogen-bond acceptors (Lipinski definition) is 6. The summed E-state index contributed by atoms with van der Waals surface area (Å²) in [5.74, 6) is -0.0493. The first-order valence-electron chi connectivity index (χ1n) is 7.94. The van der Waals surface area contributed by atoms with Crippen LogP contribution in [0.25, 0.3) is 17.0 Å². The number of carbonyl (C=O) groups excluding carboxylic acids is 1. The first kappa shape index (κ1) is 17.1. The summed E-state index contributed by atoms with van der Waals surface area (Å²) in [4.78, 5) is 28.9. The van der Waals surface area contributed by atoms with Crippen LogP contribution in [0.15, 0.2) is 68.6 Å². The van der Waals surface area contributed by atoms with Crippen molar-refractivity contribution in [2.45, 2.75) is 0 Å². The standard InChI is InChI=1S/C20H12ClNO5/c1-25-12-6-7-13(15(21)9-12)19-22-16(20(24)27-19)8-11-10-26-17-5-3-2-4-14(17)18(11)23/h2-10H,1H3/b16-8-. The van der Waals surface area contributed by atoms with E-state index >= 15 is 0 Å². The highest BCUT2D eigenvalue weighted by Gasteiger charge is 2.26. The maximum atomic E-state index is 12.6. The Morgan fingerprint density at radius 3 is 2.74 bits per heavy atom. The van der Waals surface area contributed by atoms with Gasteiger partial charge in [-0.3, -0.25) is 4.79 Å². The van der Waals surface area contributed by atoms with Crippen molar-refractivity contribution in [2.75, 3.05) is 7.11 Å². The highest BCUT2D eigenvalue weighted by atomic mass is 35.5. The van der Waals surface area contributed by atoms with E-state index in [1.54, 1.807) is 42.5 Å². The third-order valence-electron chi connectivity index (χ3n) is 4.03.